The van der Waals surface area contributed by atoms with Crippen LogP contribution in [0.2, 0.25) is 15.1 Å². The number of nitrogens with zero attached hydrogens (tertiary/aromatic N) is 1. The first-order valence-electron chi connectivity index (χ1n) is 4.93. The Kier molecular flexibility index (Phi) is 4.07. The van der Waals surface area contributed by atoms with Gasteiger partial charge < -0.3 is 5.11 Å². The third kappa shape index (κ3) is 2.59. The molecular weight excluding hydrogens is 299 g/mol. The lowest BCUT2D eigenvalue weighted by Crippen LogP contribution is -1.96. The highest BCUT2D eigenvalue weighted by molar-refractivity contribution is 6.41. The van der Waals surface area contributed by atoms with E-state index in [9.17, 15) is 9.50 Å². The van der Waals surface area contributed by atoms with Gasteiger partial charge in [-0.2, -0.15) is 0 Å². The van der Waals surface area contributed by atoms with Crippen LogP contribution in [-0.2, 0) is 6.61 Å². The van der Waals surface area contributed by atoms with Crippen molar-refractivity contribution in [3.63, 3.8) is 0 Å². The summed E-state index contributed by atoms with van der Waals surface area (Å²) in [6.07, 6.45) is 1.02. The minimum absolute atomic E-state index is 0.273. The van der Waals surface area contributed by atoms with Crippen LogP contribution in [0.4, 0.5) is 4.39 Å². The van der Waals surface area contributed by atoms with Crippen molar-refractivity contribution in [3.8, 4) is 11.1 Å². The van der Waals surface area contributed by atoms with E-state index in [0.29, 0.717) is 21.8 Å². The molecule has 0 aliphatic carbocycles. The zero-order chi connectivity index (χ0) is 13.3. The summed E-state index contributed by atoms with van der Waals surface area (Å²) in [5.41, 5.74) is 1.05. The van der Waals surface area contributed by atoms with Crippen molar-refractivity contribution in [2.45, 2.75) is 6.61 Å². The molecule has 1 heterocycles. The molecule has 0 saturated heterocycles. The van der Waals surface area contributed by atoms with Crippen LogP contribution < -0.4 is 0 Å². The molecular formula is C12H7Cl3FNO. The molecule has 2 nitrogen and oxygen atoms in total. The van der Waals surface area contributed by atoms with Crippen LogP contribution in [0.15, 0.2) is 24.4 Å². The number of aliphatic hydroxyl groups is 1. The van der Waals surface area contributed by atoms with Gasteiger partial charge in [-0.1, -0.05) is 34.8 Å². The molecule has 0 fully saturated rings. The standard InChI is InChI=1S/C12H7Cl3FNO/c13-6-1-9(14)12(10(15)2-6)8-3-7(16)4-17-11(8)5-18/h1-4,18H,5H2. The van der Waals surface area contributed by atoms with Crippen LogP contribution in [0.5, 0.6) is 0 Å². The summed E-state index contributed by atoms with van der Waals surface area (Å²) < 4.78 is 13.3. The first-order chi connectivity index (χ1) is 8.52. The summed E-state index contributed by atoms with van der Waals surface area (Å²) in [6.45, 7) is -0.342. The Morgan fingerprint density at radius 3 is 2.28 bits per heavy atom. The Labute approximate surface area is 118 Å². The van der Waals surface area contributed by atoms with E-state index < -0.39 is 5.82 Å². The molecule has 0 atom stereocenters. The normalized spacial score (nSPS) is 10.7. The number of benzene rings is 1. The Morgan fingerprint density at radius 2 is 1.72 bits per heavy atom. The second-order valence-corrected chi connectivity index (χ2v) is 4.80. The lowest BCUT2D eigenvalue weighted by atomic mass is 10.0. The number of aromatic nitrogens is 1. The second-order valence-electron chi connectivity index (χ2n) is 3.55. The maximum atomic E-state index is 13.3. The van der Waals surface area contributed by atoms with Gasteiger partial charge in [-0.25, -0.2) is 4.39 Å². The number of rotatable bonds is 2. The average molecular weight is 307 g/mol. The monoisotopic (exact) mass is 305 g/mol. The fourth-order valence-electron chi connectivity index (χ4n) is 1.61. The van der Waals surface area contributed by atoms with Gasteiger partial charge in [0.05, 0.1) is 28.5 Å². The number of pyridine rings is 1. The molecule has 0 bridgehead atoms. The highest BCUT2D eigenvalue weighted by Gasteiger charge is 2.15. The molecule has 2 rings (SSSR count). The van der Waals surface area contributed by atoms with Crippen molar-refractivity contribution >= 4 is 34.8 Å². The predicted octanol–water partition coefficient (Wildman–Crippen LogP) is 4.34. The van der Waals surface area contributed by atoms with Crippen LogP contribution in [0.1, 0.15) is 5.69 Å². The third-order valence-electron chi connectivity index (χ3n) is 2.36. The van der Waals surface area contributed by atoms with Crippen molar-refractivity contribution in [1.29, 1.82) is 0 Å². The minimum atomic E-state index is -0.538. The van der Waals surface area contributed by atoms with Gasteiger partial charge in [0.1, 0.15) is 5.82 Å². The van der Waals surface area contributed by atoms with E-state index in [1.54, 1.807) is 0 Å². The summed E-state index contributed by atoms with van der Waals surface area (Å²) in [6, 6.07) is 4.21. The Hall–Kier alpha value is -0.870. The van der Waals surface area contributed by atoms with Crippen molar-refractivity contribution < 1.29 is 9.50 Å². The molecule has 1 aromatic carbocycles. The van der Waals surface area contributed by atoms with Crippen LogP contribution in [0.25, 0.3) is 11.1 Å². The topological polar surface area (TPSA) is 33.1 Å². The largest absolute Gasteiger partial charge is 0.390 e. The van der Waals surface area contributed by atoms with E-state index in [4.69, 9.17) is 34.8 Å². The first kappa shape index (κ1) is 13.6. The SMILES string of the molecule is OCc1ncc(F)cc1-c1c(Cl)cc(Cl)cc1Cl. The van der Waals surface area contributed by atoms with Crippen LogP contribution >= 0.6 is 34.8 Å². The second kappa shape index (κ2) is 5.41. The van der Waals surface area contributed by atoms with Gasteiger partial charge in [-0.3, -0.25) is 4.98 Å². The summed E-state index contributed by atoms with van der Waals surface area (Å²) in [4.78, 5) is 3.80. The summed E-state index contributed by atoms with van der Waals surface area (Å²) in [5, 5.41) is 10.1. The van der Waals surface area contributed by atoms with Crippen molar-refractivity contribution in [3.05, 3.63) is 51.0 Å². The van der Waals surface area contributed by atoms with Gasteiger partial charge in [-0.05, 0) is 18.2 Å². The number of hydrogen-bond acceptors (Lipinski definition) is 2. The van der Waals surface area contributed by atoms with Crippen LogP contribution in [-0.4, -0.2) is 10.1 Å². The molecule has 0 saturated carbocycles. The fraction of sp³-hybridized carbons (Fsp3) is 0.0833. The van der Waals surface area contributed by atoms with E-state index in [1.807, 2.05) is 0 Å². The molecule has 0 spiro atoms. The highest BCUT2D eigenvalue weighted by Crippen LogP contribution is 2.38. The molecule has 0 aliphatic rings. The fourth-order valence-corrected chi connectivity index (χ4v) is 2.63. The zero-order valence-electron chi connectivity index (χ0n) is 8.92. The van der Waals surface area contributed by atoms with Gasteiger partial charge in [0, 0.05) is 16.1 Å². The third-order valence-corrected chi connectivity index (χ3v) is 3.18. The molecule has 0 radical (unpaired) electrons. The van der Waals surface area contributed by atoms with Gasteiger partial charge in [0.25, 0.3) is 0 Å². The number of halogens is 4. The minimum Gasteiger partial charge on any atom is -0.390 e. The van der Waals surface area contributed by atoms with Crippen LogP contribution in [0.3, 0.4) is 0 Å². The summed E-state index contributed by atoms with van der Waals surface area (Å²) >= 11 is 17.9. The Bertz CT molecular complexity index is 581. The maximum Gasteiger partial charge on any atom is 0.142 e. The van der Waals surface area contributed by atoms with Gasteiger partial charge in [0.2, 0.25) is 0 Å². The van der Waals surface area contributed by atoms with E-state index >= 15 is 0 Å². The average Bonchev–Trinajstić information content (AvgIpc) is 2.28. The molecule has 0 amide bonds. The maximum absolute atomic E-state index is 13.3. The molecule has 94 valence electrons. The van der Waals surface area contributed by atoms with Crippen molar-refractivity contribution in [1.82, 2.24) is 4.98 Å². The quantitative estimate of drug-likeness (QED) is 0.895. The Balaban J connectivity index is 2.72. The van der Waals surface area contributed by atoms with Gasteiger partial charge in [0.15, 0.2) is 0 Å². The molecule has 0 aliphatic heterocycles. The van der Waals surface area contributed by atoms with Crippen molar-refractivity contribution in [2.24, 2.45) is 0 Å². The molecule has 1 aromatic heterocycles. The lowest BCUT2D eigenvalue weighted by Gasteiger charge is -2.11. The lowest BCUT2D eigenvalue weighted by molar-refractivity contribution is 0.277. The number of aliphatic hydroxyl groups excluding tert-OH is 1. The predicted molar refractivity (Wildman–Crippen MR) is 70.6 cm³/mol. The molecule has 0 unspecified atom stereocenters. The van der Waals surface area contributed by atoms with E-state index in [1.165, 1.54) is 18.2 Å². The molecule has 18 heavy (non-hydrogen) atoms. The van der Waals surface area contributed by atoms with Gasteiger partial charge >= 0.3 is 0 Å². The van der Waals surface area contributed by atoms with E-state index in [-0.39, 0.29) is 16.7 Å². The summed E-state index contributed by atoms with van der Waals surface area (Å²) in [7, 11) is 0. The van der Waals surface area contributed by atoms with Crippen LogP contribution in [0, 0.1) is 5.82 Å². The Morgan fingerprint density at radius 1 is 1.11 bits per heavy atom. The molecule has 1 N–H and O–H groups in total. The summed E-state index contributed by atoms with van der Waals surface area (Å²) in [5.74, 6) is -0.538. The van der Waals surface area contributed by atoms with Crippen molar-refractivity contribution in [2.75, 3.05) is 0 Å². The number of hydrogen-bond donors (Lipinski definition) is 1. The highest BCUT2D eigenvalue weighted by atomic mass is 35.5. The molecule has 2 aromatic rings. The van der Waals surface area contributed by atoms with E-state index in [2.05, 4.69) is 4.98 Å². The van der Waals surface area contributed by atoms with E-state index in [0.717, 1.165) is 6.20 Å². The van der Waals surface area contributed by atoms with Gasteiger partial charge in [-0.15, -0.1) is 0 Å². The first-order valence-corrected chi connectivity index (χ1v) is 6.06. The smallest absolute Gasteiger partial charge is 0.142 e. The molecule has 6 heteroatoms. The zero-order valence-corrected chi connectivity index (χ0v) is 11.2.